The van der Waals surface area contributed by atoms with Crippen molar-refractivity contribution in [1.29, 1.82) is 0 Å². The van der Waals surface area contributed by atoms with Gasteiger partial charge in [0.05, 0.1) is 17.5 Å². The van der Waals surface area contributed by atoms with Crippen LogP contribution < -0.4 is 5.32 Å². The lowest BCUT2D eigenvalue weighted by molar-refractivity contribution is 0.0928. The van der Waals surface area contributed by atoms with Crippen molar-refractivity contribution in [3.8, 4) is 11.5 Å². The van der Waals surface area contributed by atoms with Crippen LogP contribution in [0.25, 0.3) is 11.5 Å². The van der Waals surface area contributed by atoms with Crippen molar-refractivity contribution in [2.75, 3.05) is 6.54 Å². The minimum atomic E-state index is -2.78. The molecule has 2 aromatic heterocycles. The first-order chi connectivity index (χ1) is 12.8. The number of rotatable bonds is 6. The first kappa shape index (κ1) is 18.8. The summed E-state index contributed by atoms with van der Waals surface area (Å²) in [5, 5.41) is 6.43. The molecule has 8 heteroatoms. The van der Waals surface area contributed by atoms with Gasteiger partial charge in [0.2, 0.25) is 5.89 Å². The summed E-state index contributed by atoms with van der Waals surface area (Å²) in [5.41, 5.74) is 0.410. The lowest BCUT2D eigenvalue weighted by Crippen LogP contribution is -2.37. The van der Waals surface area contributed by atoms with Crippen LogP contribution in [0.4, 0.5) is 8.78 Å². The van der Waals surface area contributed by atoms with E-state index >= 15 is 0 Å². The van der Waals surface area contributed by atoms with Crippen LogP contribution in [0.3, 0.4) is 0 Å². The second kappa shape index (κ2) is 7.30. The Kier molecular flexibility index (Phi) is 5.07. The number of aryl methyl sites for hydroxylation is 1. The SMILES string of the molecule is Cn1ncc(C(=O)NCC(C)(C)c2coc(-c3ccccc3)n2)c1C(F)F. The number of nitrogens with one attached hydrogen (secondary N) is 1. The molecule has 1 N–H and O–H groups in total. The summed E-state index contributed by atoms with van der Waals surface area (Å²) in [5.74, 6) is -0.115. The molecule has 0 aliphatic carbocycles. The molecule has 0 radical (unpaired) electrons. The molecule has 27 heavy (non-hydrogen) atoms. The minimum absolute atomic E-state index is 0.131. The quantitative estimate of drug-likeness (QED) is 0.714. The van der Waals surface area contributed by atoms with E-state index in [0.29, 0.717) is 11.6 Å². The Morgan fingerprint density at radius 2 is 2.00 bits per heavy atom. The van der Waals surface area contributed by atoms with Crippen molar-refractivity contribution in [2.45, 2.75) is 25.7 Å². The first-order valence-corrected chi connectivity index (χ1v) is 8.39. The Bertz CT molecular complexity index is 932. The standard InChI is InChI=1S/C19H20F2N4O2/c1-19(2,14-10-27-18(24-14)12-7-5-4-6-8-12)11-22-17(26)13-9-23-25(3)15(13)16(20)21/h4-10,16H,11H2,1-3H3,(H,22,26). The highest BCUT2D eigenvalue weighted by Gasteiger charge is 2.28. The number of hydrogen-bond donors (Lipinski definition) is 1. The van der Waals surface area contributed by atoms with Gasteiger partial charge in [0.1, 0.15) is 12.0 Å². The van der Waals surface area contributed by atoms with Gasteiger partial charge in [-0.3, -0.25) is 9.48 Å². The average Bonchev–Trinajstić information content (AvgIpc) is 3.28. The predicted molar refractivity (Wildman–Crippen MR) is 95.5 cm³/mol. The zero-order valence-electron chi connectivity index (χ0n) is 15.2. The van der Waals surface area contributed by atoms with Crippen LogP contribution in [-0.4, -0.2) is 27.2 Å². The summed E-state index contributed by atoms with van der Waals surface area (Å²) in [4.78, 5) is 16.8. The number of nitrogens with zero attached hydrogens (tertiary/aromatic N) is 3. The number of amides is 1. The normalized spacial score (nSPS) is 11.8. The van der Waals surface area contributed by atoms with Crippen molar-refractivity contribution in [3.63, 3.8) is 0 Å². The topological polar surface area (TPSA) is 73.0 Å². The minimum Gasteiger partial charge on any atom is -0.444 e. The third-order valence-electron chi connectivity index (χ3n) is 4.35. The number of carbonyl (C=O) groups is 1. The van der Waals surface area contributed by atoms with E-state index < -0.39 is 23.4 Å². The van der Waals surface area contributed by atoms with Crippen LogP contribution in [0.5, 0.6) is 0 Å². The monoisotopic (exact) mass is 374 g/mol. The van der Waals surface area contributed by atoms with Gasteiger partial charge in [-0.25, -0.2) is 13.8 Å². The number of benzene rings is 1. The molecule has 0 atom stereocenters. The van der Waals surface area contributed by atoms with Gasteiger partial charge in [0.25, 0.3) is 12.3 Å². The van der Waals surface area contributed by atoms with Gasteiger partial charge in [-0.15, -0.1) is 0 Å². The molecular weight excluding hydrogens is 354 g/mol. The average molecular weight is 374 g/mol. The molecule has 142 valence electrons. The molecular formula is C19H20F2N4O2. The van der Waals surface area contributed by atoms with Crippen LogP contribution in [0.2, 0.25) is 0 Å². The highest BCUT2D eigenvalue weighted by molar-refractivity contribution is 5.95. The lowest BCUT2D eigenvalue weighted by atomic mass is 9.90. The highest BCUT2D eigenvalue weighted by atomic mass is 19.3. The number of alkyl halides is 2. The van der Waals surface area contributed by atoms with Crippen molar-refractivity contribution in [3.05, 3.63) is 59.7 Å². The Balaban J connectivity index is 1.72. The molecule has 1 aromatic carbocycles. The van der Waals surface area contributed by atoms with E-state index in [2.05, 4.69) is 15.4 Å². The maximum Gasteiger partial charge on any atom is 0.280 e. The molecule has 3 rings (SSSR count). The second-order valence-electron chi connectivity index (χ2n) is 6.84. The van der Waals surface area contributed by atoms with E-state index in [1.54, 1.807) is 6.26 Å². The second-order valence-corrected chi connectivity index (χ2v) is 6.84. The number of halogens is 2. The fraction of sp³-hybridized carbons (Fsp3) is 0.316. The van der Waals surface area contributed by atoms with Crippen LogP contribution in [-0.2, 0) is 12.5 Å². The largest absolute Gasteiger partial charge is 0.444 e. The molecule has 2 heterocycles. The summed E-state index contributed by atoms with van der Waals surface area (Å²) >= 11 is 0. The van der Waals surface area contributed by atoms with Gasteiger partial charge in [-0.2, -0.15) is 5.10 Å². The highest BCUT2D eigenvalue weighted by Crippen LogP contribution is 2.27. The van der Waals surface area contributed by atoms with E-state index in [1.807, 2.05) is 44.2 Å². The van der Waals surface area contributed by atoms with Gasteiger partial charge in [0.15, 0.2) is 0 Å². The van der Waals surface area contributed by atoms with Gasteiger partial charge >= 0.3 is 0 Å². The molecule has 1 amide bonds. The fourth-order valence-corrected chi connectivity index (χ4v) is 2.67. The third kappa shape index (κ3) is 3.89. The Labute approximate surface area is 155 Å². The maximum absolute atomic E-state index is 13.1. The zero-order valence-corrected chi connectivity index (χ0v) is 15.2. The summed E-state index contributed by atoms with van der Waals surface area (Å²) in [6, 6.07) is 9.45. The van der Waals surface area contributed by atoms with Crippen molar-refractivity contribution >= 4 is 5.91 Å². The molecule has 0 bridgehead atoms. The Morgan fingerprint density at radius 3 is 2.67 bits per heavy atom. The van der Waals surface area contributed by atoms with Gasteiger partial charge < -0.3 is 9.73 Å². The molecule has 0 unspecified atom stereocenters. The van der Waals surface area contributed by atoms with E-state index in [-0.39, 0.29) is 12.1 Å². The van der Waals surface area contributed by atoms with Crippen LogP contribution in [0, 0.1) is 0 Å². The Hall–Kier alpha value is -3.03. The first-order valence-electron chi connectivity index (χ1n) is 8.39. The number of carbonyl (C=O) groups excluding carboxylic acids is 1. The predicted octanol–water partition coefficient (Wildman–Crippen LogP) is 3.72. The molecule has 0 saturated carbocycles. The summed E-state index contributed by atoms with van der Waals surface area (Å²) in [7, 11) is 1.38. The van der Waals surface area contributed by atoms with Crippen LogP contribution >= 0.6 is 0 Å². The van der Waals surface area contributed by atoms with E-state index in [0.717, 1.165) is 16.4 Å². The zero-order chi connectivity index (χ0) is 19.6. The molecule has 6 nitrogen and oxygen atoms in total. The molecule has 0 aliphatic heterocycles. The molecule has 0 aliphatic rings. The number of aromatic nitrogens is 3. The molecule has 0 fully saturated rings. The maximum atomic E-state index is 13.1. The summed E-state index contributed by atoms with van der Waals surface area (Å²) < 4.78 is 32.8. The molecule has 0 spiro atoms. The molecule has 3 aromatic rings. The van der Waals surface area contributed by atoms with Crippen molar-refractivity contribution < 1.29 is 18.0 Å². The van der Waals surface area contributed by atoms with Crippen LogP contribution in [0.1, 0.15) is 42.0 Å². The third-order valence-corrected chi connectivity index (χ3v) is 4.35. The fourth-order valence-electron chi connectivity index (χ4n) is 2.67. The molecule has 0 saturated heterocycles. The van der Waals surface area contributed by atoms with E-state index in [4.69, 9.17) is 4.42 Å². The summed E-state index contributed by atoms with van der Waals surface area (Å²) in [6.45, 7) is 3.97. The number of oxazole rings is 1. The smallest absolute Gasteiger partial charge is 0.280 e. The van der Waals surface area contributed by atoms with Gasteiger partial charge in [-0.1, -0.05) is 32.0 Å². The van der Waals surface area contributed by atoms with Crippen molar-refractivity contribution in [2.24, 2.45) is 7.05 Å². The van der Waals surface area contributed by atoms with Crippen molar-refractivity contribution in [1.82, 2.24) is 20.1 Å². The van der Waals surface area contributed by atoms with E-state index in [1.165, 1.54) is 7.05 Å². The van der Waals surface area contributed by atoms with Gasteiger partial charge in [0, 0.05) is 24.6 Å². The lowest BCUT2D eigenvalue weighted by Gasteiger charge is -2.22. The summed E-state index contributed by atoms with van der Waals surface area (Å²) in [6.07, 6.45) is -0.0911. The van der Waals surface area contributed by atoms with Gasteiger partial charge in [-0.05, 0) is 12.1 Å². The number of hydrogen-bond acceptors (Lipinski definition) is 4. The van der Waals surface area contributed by atoms with Crippen LogP contribution in [0.15, 0.2) is 47.2 Å². The van der Waals surface area contributed by atoms with E-state index in [9.17, 15) is 13.6 Å². The Morgan fingerprint density at radius 1 is 1.30 bits per heavy atom.